The zero-order valence-corrected chi connectivity index (χ0v) is 10.5. The maximum absolute atomic E-state index is 5.62. The van der Waals surface area contributed by atoms with E-state index in [1.54, 1.807) is 0 Å². The Bertz CT molecular complexity index is 153. The molecule has 1 unspecified atom stereocenters. The summed E-state index contributed by atoms with van der Waals surface area (Å²) in [5.41, 5.74) is 0. The SMILES string of the molecule is CC(C)OC(C)OC(C)(C)OC(C)C. The summed E-state index contributed by atoms with van der Waals surface area (Å²) < 4.78 is 16.7. The van der Waals surface area contributed by atoms with Crippen molar-refractivity contribution in [2.24, 2.45) is 0 Å². The molecule has 3 heteroatoms. The molecule has 0 bridgehead atoms. The van der Waals surface area contributed by atoms with E-state index in [4.69, 9.17) is 14.2 Å². The molecule has 0 aromatic carbocycles. The minimum Gasteiger partial charge on any atom is -0.350 e. The van der Waals surface area contributed by atoms with E-state index in [1.807, 2.05) is 48.5 Å². The van der Waals surface area contributed by atoms with Crippen molar-refractivity contribution < 1.29 is 14.2 Å². The fourth-order valence-corrected chi connectivity index (χ4v) is 1.41. The molecule has 0 rings (SSSR count). The molecule has 3 nitrogen and oxygen atoms in total. The zero-order chi connectivity index (χ0) is 11.4. The molecule has 0 aromatic rings. The van der Waals surface area contributed by atoms with Crippen LogP contribution in [-0.2, 0) is 14.2 Å². The Morgan fingerprint density at radius 3 is 1.64 bits per heavy atom. The maximum Gasteiger partial charge on any atom is 0.166 e. The summed E-state index contributed by atoms with van der Waals surface area (Å²) in [6, 6.07) is 0. The summed E-state index contributed by atoms with van der Waals surface area (Å²) in [5.74, 6) is -0.595. The predicted octanol–water partition coefficient (Wildman–Crippen LogP) is 2.94. The third kappa shape index (κ3) is 7.30. The van der Waals surface area contributed by atoms with Crippen molar-refractivity contribution >= 4 is 0 Å². The molecule has 0 radical (unpaired) electrons. The highest BCUT2D eigenvalue weighted by molar-refractivity contribution is 4.57. The maximum atomic E-state index is 5.62. The highest BCUT2D eigenvalue weighted by Crippen LogP contribution is 2.17. The largest absolute Gasteiger partial charge is 0.350 e. The average Bonchev–Trinajstić information content (AvgIpc) is 1.77. The van der Waals surface area contributed by atoms with Gasteiger partial charge in [0, 0.05) is 0 Å². The van der Waals surface area contributed by atoms with Gasteiger partial charge in [0.05, 0.1) is 12.2 Å². The summed E-state index contributed by atoms with van der Waals surface area (Å²) in [4.78, 5) is 0. The van der Waals surface area contributed by atoms with Crippen LogP contribution in [0.5, 0.6) is 0 Å². The molecular weight excluding hydrogens is 180 g/mol. The molecule has 0 aromatic heterocycles. The van der Waals surface area contributed by atoms with Crippen LogP contribution >= 0.6 is 0 Å². The van der Waals surface area contributed by atoms with Crippen molar-refractivity contribution in [3.05, 3.63) is 0 Å². The first-order chi connectivity index (χ1) is 6.23. The number of hydrogen-bond donors (Lipinski definition) is 0. The molecule has 14 heavy (non-hydrogen) atoms. The van der Waals surface area contributed by atoms with Gasteiger partial charge in [0.25, 0.3) is 0 Å². The quantitative estimate of drug-likeness (QED) is 0.623. The predicted molar refractivity (Wildman–Crippen MR) is 57.1 cm³/mol. The van der Waals surface area contributed by atoms with Crippen LogP contribution in [0.25, 0.3) is 0 Å². The minimum atomic E-state index is -0.595. The molecule has 0 aliphatic carbocycles. The van der Waals surface area contributed by atoms with E-state index in [-0.39, 0.29) is 18.5 Å². The van der Waals surface area contributed by atoms with Gasteiger partial charge in [-0.2, -0.15) is 0 Å². The smallest absolute Gasteiger partial charge is 0.166 e. The highest BCUT2D eigenvalue weighted by Gasteiger charge is 2.24. The lowest BCUT2D eigenvalue weighted by molar-refractivity contribution is -0.303. The van der Waals surface area contributed by atoms with E-state index < -0.39 is 5.79 Å². The second-order valence-corrected chi connectivity index (χ2v) is 4.44. The van der Waals surface area contributed by atoms with E-state index >= 15 is 0 Å². The van der Waals surface area contributed by atoms with Gasteiger partial charge in [-0.05, 0) is 48.5 Å². The minimum absolute atomic E-state index is 0.149. The van der Waals surface area contributed by atoms with E-state index in [9.17, 15) is 0 Å². The van der Waals surface area contributed by atoms with Gasteiger partial charge < -0.3 is 14.2 Å². The van der Waals surface area contributed by atoms with Gasteiger partial charge in [-0.15, -0.1) is 0 Å². The van der Waals surface area contributed by atoms with Crippen LogP contribution in [0.4, 0.5) is 0 Å². The van der Waals surface area contributed by atoms with Crippen LogP contribution in [0.2, 0.25) is 0 Å². The van der Waals surface area contributed by atoms with Crippen molar-refractivity contribution in [3.63, 3.8) is 0 Å². The van der Waals surface area contributed by atoms with Crippen LogP contribution < -0.4 is 0 Å². The summed E-state index contributed by atoms with van der Waals surface area (Å²) in [6.45, 7) is 13.6. The molecule has 0 saturated carbocycles. The number of ether oxygens (including phenoxy) is 3. The molecular formula is C11H24O3. The molecule has 0 saturated heterocycles. The van der Waals surface area contributed by atoms with Gasteiger partial charge >= 0.3 is 0 Å². The summed E-state index contributed by atoms with van der Waals surface area (Å²) in [6.07, 6.45) is 0.0693. The van der Waals surface area contributed by atoms with Crippen molar-refractivity contribution in [2.75, 3.05) is 0 Å². The van der Waals surface area contributed by atoms with Gasteiger partial charge in [0.1, 0.15) is 0 Å². The Hall–Kier alpha value is -0.120. The third-order valence-electron chi connectivity index (χ3n) is 1.43. The van der Waals surface area contributed by atoms with E-state index in [0.29, 0.717) is 0 Å². The highest BCUT2D eigenvalue weighted by atomic mass is 16.8. The lowest BCUT2D eigenvalue weighted by atomic mass is 10.3. The first-order valence-corrected chi connectivity index (χ1v) is 5.24. The van der Waals surface area contributed by atoms with E-state index in [2.05, 4.69) is 0 Å². The Kier molecular flexibility index (Phi) is 5.64. The second kappa shape index (κ2) is 5.69. The Morgan fingerprint density at radius 1 is 0.786 bits per heavy atom. The first-order valence-electron chi connectivity index (χ1n) is 5.24. The van der Waals surface area contributed by atoms with Crippen molar-refractivity contribution in [2.45, 2.75) is 72.8 Å². The lowest BCUT2D eigenvalue weighted by Gasteiger charge is -2.31. The van der Waals surface area contributed by atoms with Crippen LogP contribution in [0.15, 0.2) is 0 Å². The second-order valence-electron chi connectivity index (χ2n) is 4.44. The molecule has 0 amide bonds. The van der Waals surface area contributed by atoms with Gasteiger partial charge in [0.2, 0.25) is 0 Å². The number of hydrogen-bond acceptors (Lipinski definition) is 3. The van der Waals surface area contributed by atoms with Crippen LogP contribution in [0, 0.1) is 0 Å². The van der Waals surface area contributed by atoms with Gasteiger partial charge in [-0.3, -0.25) is 0 Å². The summed E-state index contributed by atoms with van der Waals surface area (Å²) in [7, 11) is 0. The molecule has 1 atom stereocenters. The Morgan fingerprint density at radius 2 is 1.29 bits per heavy atom. The van der Waals surface area contributed by atoms with E-state index in [0.717, 1.165) is 0 Å². The topological polar surface area (TPSA) is 27.7 Å². The molecule has 0 heterocycles. The molecule has 0 fully saturated rings. The standard InChI is InChI=1S/C11H24O3/c1-8(2)12-10(5)14-11(6,7)13-9(3)4/h8-10H,1-7H3. The zero-order valence-electron chi connectivity index (χ0n) is 10.5. The Labute approximate surface area is 87.7 Å². The third-order valence-corrected chi connectivity index (χ3v) is 1.43. The monoisotopic (exact) mass is 204 g/mol. The van der Waals surface area contributed by atoms with Crippen molar-refractivity contribution in [1.82, 2.24) is 0 Å². The van der Waals surface area contributed by atoms with Gasteiger partial charge in [-0.1, -0.05) is 0 Å². The summed E-state index contributed by atoms with van der Waals surface area (Å²) >= 11 is 0. The van der Waals surface area contributed by atoms with Crippen LogP contribution in [0.1, 0.15) is 48.5 Å². The molecule has 86 valence electrons. The van der Waals surface area contributed by atoms with Gasteiger partial charge in [-0.25, -0.2) is 0 Å². The van der Waals surface area contributed by atoms with Crippen molar-refractivity contribution in [1.29, 1.82) is 0 Å². The fourth-order valence-electron chi connectivity index (χ4n) is 1.41. The Balaban J connectivity index is 3.94. The lowest BCUT2D eigenvalue weighted by Crippen LogP contribution is -2.36. The average molecular weight is 204 g/mol. The summed E-state index contributed by atoms with van der Waals surface area (Å²) in [5, 5.41) is 0. The van der Waals surface area contributed by atoms with E-state index in [1.165, 1.54) is 0 Å². The van der Waals surface area contributed by atoms with Gasteiger partial charge in [0.15, 0.2) is 12.1 Å². The normalized spacial score (nSPS) is 15.2. The van der Waals surface area contributed by atoms with Crippen LogP contribution in [-0.4, -0.2) is 24.3 Å². The molecule has 0 aliphatic heterocycles. The van der Waals surface area contributed by atoms with Crippen LogP contribution in [0.3, 0.4) is 0 Å². The fraction of sp³-hybridized carbons (Fsp3) is 1.00. The first kappa shape index (κ1) is 13.9. The molecule has 0 spiro atoms. The van der Waals surface area contributed by atoms with Crippen molar-refractivity contribution in [3.8, 4) is 0 Å². The molecule has 0 aliphatic rings. The number of rotatable bonds is 6. The molecule has 0 N–H and O–H groups in total.